The van der Waals surface area contributed by atoms with E-state index in [-0.39, 0.29) is 17.7 Å². The van der Waals surface area contributed by atoms with Crippen molar-refractivity contribution >= 4 is 23.2 Å². The van der Waals surface area contributed by atoms with Crippen molar-refractivity contribution in [2.75, 3.05) is 19.6 Å². The summed E-state index contributed by atoms with van der Waals surface area (Å²) in [5, 5.41) is 0.408. The van der Waals surface area contributed by atoms with Crippen molar-refractivity contribution in [3.63, 3.8) is 0 Å². The predicted molar refractivity (Wildman–Crippen MR) is 129 cm³/mol. The number of carbonyl (C=O) groups excluding carboxylic acids is 2. The Bertz CT molecular complexity index is 1120. The largest absolute Gasteiger partial charge is 0.340 e. The minimum atomic E-state index is -0.470. The minimum absolute atomic E-state index is 0.0517. The number of thiazole rings is 1. The highest BCUT2D eigenvalue weighted by Gasteiger charge is 2.44. The normalized spacial score (nSPS) is 22.6. The zero-order valence-electron chi connectivity index (χ0n) is 18.5. The van der Waals surface area contributed by atoms with Crippen LogP contribution < -0.4 is 5.73 Å². The van der Waals surface area contributed by atoms with Crippen LogP contribution in [-0.2, 0) is 11.3 Å². The molecule has 0 bridgehead atoms. The highest BCUT2D eigenvalue weighted by atomic mass is 32.1. The van der Waals surface area contributed by atoms with Crippen LogP contribution in [0.25, 0.3) is 0 Å². The molecule has 1 unspecified atom stereocenters. The van der Waals surface area contributed by atoms with Gasteiger partial charge in [0, 0.05) is 49.1 Å². The second-order valence-electron chi connectivity index (χ2n) is 8.83. The van der Waals surface area contributed by atoms with Crippen LogP contribution in [0, 0.1) is 0 Å². The summed E-state index contributed by atoms with van der Waals surface area (Å²) in [5.74, 6) is 0.355. The molecule has 33 heavy (non-hydrogen) atoms. The van der Waals surface area contributed by atoms with Crippen LogP contribution >= 0.6 is 11.3 Å². The fraction of sp³-hybridized carbons (Fsp3) is 0.346. The second-order valence-corrected chi connectivity index (χ2v) is 9.95. The van der Waals surface area contributed by atoms with E-state index >= 15 is 0 Å². The standard InChI is InChI=1S/C26H28N4O2S/c27-14-22-15-28-24(33-22)26(32)30-17-21(19-9-5-2-6-10-19)13-23(30)25(31)29-12-11-20(16-29)18-7-3-1-4-8-18/h1-10,15,20-21,23H,11-14,16-17,27H2/t20?,21-,23-/m0/s1. The van der Waals surface area contributed by atoms with Crippen molar-refractivity contribution < 1.29 is 9.59 Å². The van der Waals surface area contributed by atoms with Gasteiger partial charge in [0.1, 0.15) is 6.04 Å². The van der Waals surface area contributed by atoms with Gasteiger partial charge in [-0.3, -0.25) is 9.59 Å². The monoisotopic (exact) mass is 460 g/mol. The summed E-state index contributed by atoms with van der Waals surface area (Å²) in [6, 6.07) is 20.1. The number of hydrogen-bond donors (Lipinski definition) is 1. The maximum absolute atomic E-state index is 13.7. The lowest BCUT2D eigenvalue weighted by atomic mass is 9.96. The van der Waals surface area contributed by atoms with Crippen LogP contribution in [-0.4, -0.2) is 52.3 Å². The van der Waals surface area contributed by atoms with Crippen molar-refractivity contribution in [1.82, 2.24) is 14.8 Å². The molecule has 2 aliphatic heterocycles. The molecule has 0 spiro atoms. The van der Waals surface area contributed by atoms with Crippen LogP contribution in [0.5, 0.6) is 0 Å². The van der Waals surface area contributed by atoms with Crippen molar-refractivity contribution in [1.29, 1.82) is 0 Å². The fourth-order valence-corrected chi connectivity index (χ4v) is 5.80. The molecule has 0 saturated carbocycles. The molecule has 2 fully saturated rings. The third-order valence-electron chi connectivity index (χ3n) is 6.83. The van der Waals surface area contributed by atoms with Crippen molar-refractivity contribution in [2.24, 2.45) is 5.73 Å². The van der Waals surface area contributed by atoms with Gasteiger partial charge in [-0.15, -0.1) is 11.3 Å². The summed E-state index contributed by atoms with van der Waals surface area (Å²) in [4.78, 5) is 36.0. The van der Waals surface area contributed by atoms with Gasteiger partial charge in [0.05, 0.1) is 0 Å². The van der Waals surface area contributed by atoms with Crippen molar-refractivity contribution in [3.05, 3.63) is 87.9 Å². The SMILES string of the molecule is NCc1cnc(C(=O)N2C[C@@H](c3ccccc3)C[C@H]2C(=O)N2CCC(c3ccccc3)C2)s1. The molecule has 3 aromatic rings. The van der Waals surface area contributed by atoms with Gasteiger partial charge in [-0.25, -0.2) is 4.98 Å². The Morgan fingerprint density at radius 2 is 1.64 bits per heavy atom. The number of benzene rings is 2. The van der Waals surface area contributed by atoms with Crippen LogP contribution in [0.3, 0.4) is 0 Å². The first-order valence-corrected chi connectivity index (χ1v) is 12.3. The van der Waals surface area contributed by atoms with Crippen LogP contribution in [0.2, 0.25) is 0 Å². The molecule has 0 aliphatic carbocycles. The molecular weight excluding hydrogens is 432 g/mol. The number of rotatable bonds is 5. The Hall–Kier alpha value is -3.03. The number of aromatic nitrogens is 1. The van der Waals surface area contributed by atoms with E-state index in [0.29, 0.717) is 37.0 Å². The number of hydrogen-bond acceptors (Lipinski definition) is 5. The van der Waals surface area contributed by atoms with Gasteiger partial charge < -0.3 is 15.5 Å². The highest BCUT2D eigenvalue weighted by molar-refractivity contribution is 7.13. The molecule has 5 rings (SSSR count). The third kappa shape index (κ3) is 4.43. The lowest BCUT2D eigenvalue weighted by Crippen LogP contribution is -2.47. The maximum Gasteiger partial charge on any atom is 0.283 e. The molecule has 2 amide bonds. The Kier molecular flexibility index (Phi) is 6.24. The molecular formula is C26H28N4O2S. The first kappa shape index (κ1) is 21.8. The van der Waals surface area contributed by atoms with Crippen LogP contribution in [0.4, 0.5) is 0 Å². The smallest absolute Gasteiger partial charge is 0.283 e. The first-order chi connectivity index (χ1) is 16.1. The van der Waals surface area contributed by atoms with E-state index in [2.05, 4.69) is 29.2 Å². The van der Waals surface area contributed by atoms with Crippen molar-refractivity contribution in [3.8, 4) is 0 Å². The van der Waals surface area contributed by atoms with E-state index in [4.69, 9.17) is 5.73 Å². The highest BCUT2D eigenvalue weighted by Crippen LogP contribution is 2.36. The zero-order chi connectivity index (χ0) is 22.8. The molecule has 3 atom stereocenters. The fourth-order valence-electron chi connectivity index (χ4n) is 5.05. The number of likely N-dealkylation sites (tertiary alicyclic amines) is 2. The Labute approximate surface area is 198 Å². The minimum Gasteiger partial charge on any atom is -0.340 e. The Morgan fingerprint density at radius 3 is 2.27 bits per heavy atom. The van der Waals surface area contributed by atoms with Gasteiger partial charge in [-0.05, 0) is 24.0 Å². The first-order valence-electron chi connectivity index (χ1n) is 11.5. The summed E-state index contributed by atoms with van der Waals surface area (Å²) in [6.45, 7) is 2.30. The topological polar surface area (TPSA) is 79.5 Å². The van der Waals surface area contributed by atoms with E-state index in [1.54, 1.807) is 11.1 Å². The lowest BCUT2D eigenvalue weighted by molar-refractivity contribution is -0.134. The molecule has 170 valence electrons. The quantitative estimate of drug-likeness (QED) is 0.631. The average molecular weight is 461 g/mol. The molecule has 2 aliphatic rings. The van der Waals surface area contributed by atoms with Gasteiger partial charge in [0.15, 0.2) is 5.01 Å². The van der Waals surface area contributed by atoms with Gasteiger partial charge in [0.2, 0.25) is 5.91 Å². The Balaban J connectivity index is 1.37. The third-order valence-corrected chi connectivity index (χ3v) is 7.83. The molecule has 7 heteroatoms. The van der Waals surface area contributed by atoms with E-state index in [0.717, 1.165) is 23.4 Å². The molecule has 1 aromatic heterocycles. The van der Waals surface area contributed by atoms with Gasteiger partial charge in [0.25, 0.3) is 5.91 Å². The second kappa shape index (κ2) is 9.45. The van der Waals surface area contributed by atoms with Crippen LogP contribution in [0.1, 0.15) is 50.5 Å². The van der Waals surface area contributed by atoms with Gasteiger partial charge >= 0.3 is 0 Å². The zero-order valence-corrected chi connectivity index (χ0v) is 19.3. The van der Waals surface area contributed by atoms with Gasteiger partial charge in [-0.1, -0.05) is 60.7 Å². The van der Waals surface area contributed by atoms with E-state index < -0.39 is 6.04 Å². The number of nitrogens with two attached hydrogens (primary N) is 1. The number of amides is 2. The summed E-state index contributed by atoms with van der Waals surface area (Å²) in [6.07, 6.45) is 3.24. The van der Waals surface area contributed by atoms with E-state index in [9.17, 15) is 9.59 Å². The summed E-state index contributed by atoms with van der Waals surface area (Å²) in [5.41, 5.74) is 8.15. The van der Waals surface area contributed by atoms with E-state index in [1.165, 1.54) is 16.9 Å². The Morgan fingerprint density at radius 1 is 0.970 bits per heavy atom. The van der Waals surface area contributed by atoms with Crippen molar-refractivity contribution in [2.45, 2.75) is 37.3 Å². The number of nitrogens with zero attached hydrogens (tertiary/aromatic N) is 3. The summed E-state index contributed by atoms with van der Waals surface area (Å²) < 4.78 is 0. The van der Waals surface area contributed by atoms with E-state index in [1.807, 2.05) is 41.3 Å². The lowest BCUT2D eigenvalue weighted by Gasteiger charge is -2.27. The molecule has 2 aromatic carbocycles. The predicted octanol–water partition coefficient (Wildman–Crippen LogP) is 3.62. The molecule has 2 saturated heterocycles. The molecule has 3 heterocycles. The molecule has 6 nitrogen and oxygen atoms in total. The number of carbonyl (C=O) groups is 2. The summed E-state index contributed by atoms with van der Waals surface area (Å²) >= 11 is 1.32. The molecule has 0 radical (unpaired) electrons. The average Bonchev–Trinajstić information content (AvgIpc) is 3.64. The summed E-state index contributed by atoms with van der Waals surface area (Å²) in [7, 11) is 0. The van der Waals surface area contributed by atoms with Crippen LogP contribution in [0.15, 0.2) is 66.9 Å². The molecule has 2 N–H and O–H groups in total. The van der Waals surface area contributed by atoms with Gasteiger partial charge in [-0.2, -0.15) is 0 Å². The maximum atomic E-state index is 13.7.